The van der Waals surface area contributed by atoms with E-state index in [0.29, 0.717) is 17.3 Å². The minimum atomic E-state index is -0.437. The van der Waals surface area contributed by atoms with Gasteiger partial charge in [-0.3, -0.25) is 10.1 Å². The van der Waals surface area contributed by atoms with Crippen LogP contribution in [0.3, 0.4) is 0 Å². The van der Waals surface area contributed by atoms with Crippen LogP contribution in [0.15, 0.2) is 55.1 Å². The van der Waals surface area contributed by atoms with Crippen LogP contribution in [0.1, 0.15) is 0 Å². The molecule has 0 fully saturated rings. The van der Waals surface area contributed by atoms with Gasteiger partial charge in [-0.05, 0) is 12.1 Å². The first-order valence-corrected chi connectivity index (χ1v) is 6.06. The molecule has 0 aliphatic rings. The molecule has 0 saturated heterocycles. The number of benzene rings is 1. The van der Waals surface area contributed by atoms with Crippen molar-refractivity contribution in [3.63, 3.8) is 0 Å². The molecule has 0 spiro atoms. The fourth-order valence-electron chi connectivity index (χ4n) is 1.80. The molecule has 21 heavy (non-hydrogen) atoms. The lowest BCUT2D eigenvalue weighted by Gasteiger charge is -2.03. The maximum Gasteiger partial charge on any atom is 0.292 e. The lowest BCUT2D eigenvalue weighted by atomic mass is 10.2. The molecule has 2 aromatic heterocycles. The standard InChI is InChI=1S/C13H10N6O2/c20-19(21)12-5-2-1-4-11(12)17-10-8-16-18(9-10)13-14-6-3-7-15-13/h1-9,17H. The van der Waals surface area contributed by atoms with Gasteiger partial charge in [-0.15, -0.1) is 0 Å². The molecular formula is C13H10N6O2. The Bertz CT molecular complexity index is 771. The molecule has 0 amide bonds. The quantitative estimate of drug-likeness (QED) is 0.582. The van der Waals surface area contributed by atoms with E-state index >= 15 is 0 Å². The summed E-state index contributed by atoms with van der Waals surface area (Å²) in [6.07, 6.45) is 6.43. The molecule has 2 heterocycles. The van der Waals surface area contributed by atoms with Crippen molar-refractivity contribution in [1.82, 2.24) is 19.7 Å². The van der Waals surface area contributed by atoms with E-state index in [0.717, 1.165) is 0 Å². The zero-order chi connectivity index (χ0) is 14.7. The molecular weight excluding hydrogens is 272 g/mol. The van der Waals surface area contributed by atoms with Crippen LogP contribution in [-0.2, 0) is 0 Å². The van der Waals surface area contributed by atoms with E-state index in [2.05, 4.69) is 20.4 Å². The molecule has 0 bridgehead atoms. The summed E-state index contributed by atoms with van der Waals surface area (Å²) in [6.45, 7) is 0. The highest BCUT2D eigenvalue weighted by molar-refractivity contribution is 5.68. The zero-order valence-electron chi connectivity index (χ0n) is 10.7. The number of nitro benzene ring substituents is 1. The molecule has 104 valence electrons. The Kier molecular flexibility index (Phi) is 3.26. The molecule has 8 heteroatoms. The highest BCUT2D eigenvalue weighted by Gasteiger charge is 2.13. The van der Waals surface area contributed by atoms with Gasteiger partial charge >= 0.3 is 0 Å². The van der Waals surface area contributed by atoms with Gasteiger partial charge in [0.05, 0.1) is 23.0 Å². The Balaban J connectivity index is 1.87. The summed E-state index contributed by atoms with van der Waals surface area (Å²) in [6, 6.07) is 8.12. The van der Waals surface area contributed by atoms with Gasteiger partial charge in [0, 0.05) is 18.5 Å². The van der Waals surface area contributed by atoms with Gasteiger partial charge < -0.3 is 5.32 Å². The predicted octanol–water partition coefficient (Wildman–Crippen LogP) is 2.31. The summed E-state index contributed by atoms with van der Waals surface area (Å²) in [5.74, 6) is 0.424. The lowest BCUT2D eigenvalue weighted by molar-refractivity contribution is -0.383. The lowest BCUT2D eigenvalue weighted by Crippen LogP contribution is -2.00. The predicted molar refractivity (Wildman–Crippen MR) is 75.5 cm³/mol. The Labute approximate surface area is 119 Å². The van der Waals surface area contributed by atoms with E-state index < -0.39 is 4.92 Å². The molecule has 1 N–H and O–H groups in total. The van der Waals surface area contributed by atoms with Gasteiger partial charge in [0.1, 0.15) is 5.69 Å². The Hall–Kier alpha value is -3.29. The monoisotopic (exact) mass is 282 g/mol. The highest BCUT2D eigenvalue weighted by Crippen LogP contribution is 2.26. The second-order valence-electron chi connectivity index (χ2n) is 4.12. The second kappa shape index (κ2) is 5.37. The van der Waals surface area contributed by atoms with Crippen molar-refractivity contribution in [3.8, 4) is 5.95 Å². The van der Waals surface area contributed by atoms with E-state index in [-0.39, 0.29) is 5.69 Å². The van der Waals surface area contributed by atoms with Crippen molar-refractivity contribution in [2.75, 3.05) is 5.32 Å². The largest absolute Gasteiger partial charge is 0.347 e. The summed E-state index contributed by atoms with van der Waals surface area (Å²) < 4.78 is 1.48. The van der Waals surface area contributed by atoms with Crippen LogP contribution < -0.4 is 5.32 Å². The molecule has 0 aliphatic heterocycles. The molecule has 0 unspecified atom stereocenters. The van der Waals surface area contributed by atoms with Gasteiger partial charge in [0.15, 0.2) is 0 Å². The second-order valence-corrected chi connectivity index (χ2v) is 4.12. The van der Waals surface area contributed by atoms with Crippen molar-refractivity contribution >= 4 is 17.1 Å². The average molecular weight is 282 g/mol. The molecule has 8 nitrogen and oxygen atoms in total. The topological polar surface area (TPSA) is 98.8 Å². The van der Waals surface area contributed by atoms with Gasteiger partial charge in [0.2, 0.25) is 5.95 Å². The number of nitrogens with zero attached hydrogens (tertiary/aromatic N) is 5. The maximum absolute atomic E-state index is 11.0. The first kappa shape index (κ1) is 12.7. The summed E-state index contributed by atoms with van der Waals surface area (Å²) in [4.78, 5) is 18.7. The van der Waals surface area contributed by atoms with Crippen LogP contribution in [0.25, 0.3) is 5.95 Å². The van der Waals surface area contributed by atoms with E-state index in [1.54, 1.807) is 49.1 Å². The van der Waals surface area contributed by atoms with E-state index in [9.17, 15) is 10.1 Å². The van der Waals surface area contributed by atoms with Crippen molar-refractivity contribution in [1.29, 1.82) is 0 Å². The number of hydrogen-bond donors (Lipinski definition) is 1. The third-order valence-corrected chi connectivity index (χ3v) is 2.72. The smallest absolute Gasteiger partial charge is 0.292 e. The number of rotatable bonds is 4. The number of aromatic nitrogens is 4. The SMILES string of the molecule is O=[N+]([O-])c1ccccc1Nc1cnn(-c2ncccn2)c1. The van der Waals surface area contributed by atoms with Crippen LogP contribution >= 0.6 is 0 Å². The number of nitro groups is 1. The third kappa shape index (κ3) is 2.68. The van der Waals surface area contributed by atoms with Gasteiger partial charge in [-0.2, -0.15) is 5.10 Å². The molecule has 3 rings (SSSR count). The van der Waals surface area contributed by atoms with Crippen LogP contribution in [0.5, 0.6) is 0 Å². The molecule has 0 saturated carbocycles. The average Bonchev–Trinajstić information content (AvgIpc) is 2.97. The number of anilines is 2. The first-order chi connectivity index (χ1) is 10.2. The normalized spacial score (nSPS) is 10.3. The fraction of sp³-hybridized carbons (Fsp3) is 0. The summed E-state index contributed by atoms with van der Waals surface area (Å²) >= 11 is 0. The number of nitrogens with one attached hydrogen (secondary N) is 1. The van der Waals surface area contributed by atoms with Crippen LogP contribution in [0.2, 0.25) is 0 Å². The fourth-order valence-corrected chi connectivity index (χ4v) is 1.80. The molecule has 1 aromatic carbocycles. The van der Waals surface area contributed by atoms with Crippen LogP contribution in [0.4, 0.5) is 17.1 Å². The van der Waals surface area contributed by atoms with Crippen molar-refractivity contribution in [2.24, 2.45) is 0 Å². The first-order valence-electron chi connectivity index (χ1n) is 6.06. The molecule has 3 aromatic rings. The van der Waals surface area contributed by atoms with E-state index in [1.807, 2.05) is 0 Å². The Morgan fingerprint density at radius 3 is 2.67 bits per heavy atom. The maximum atomic E-state index is 11.0. The van der Waals surface area contributed by atoms with Crippen molar-refractivity contribution in [3.05, 3.63) is 65.2 Å². The van der Waals surface area contributed by atoms with Gasteiger partial charge in [-0.25, -0.2) is 14.6 Å². The number of para-hydroxylation sites is 2. The third-order valence-electron chi connectivity index (χ3n) is 2.72. The summed E-state index contributed by atoms with van der Waals surface area (Å²) in [5, 5.41) is 18.0. The molecule has 0 radical (unpaired) electrons. The van der Waals surface area contributed by atoms with Crippen LogP contribution in [-0.4, -0.2) is 24.7 Å². The van der Waals surface area contributed by atoms with Crippen molar-refractivity contribution < 1.29 is 4.92 Å². The molecule has 0 aliphatic carbocycles. The van der Waals surface area contributed by atoms with E-state index in [4.69, 9.17) is 0 Å². The Morgan fingerprint density at radius 2 is 1.90 bits per heavy atom. The van der Waals surface area contributed by atoms with Gasteiger partial charge in [-0.1, -0.05) is 12.1 Å². The van der Waals surface area contributed by atoms with Crippen molar-refractivity contribution in [2.45, 2.75) is 0 Å². The molecule has 0 atom stereocenters. The summed E-state index contributed by atoms with van der Waals surface area (Å²) in [5.41, 5.74) is 1.01. The van der Waals surface area contributed by atoms with E-state index in [1.165, 1.54) is 10.7 Å². The van der Waals surface area contributed by atoms with Crippen LogP contribution in [0, 0.1) is 10.1 Å². The minimum absolute atomic E-state index is 0.00112. The highest BCUT2D eigenvalue weighted by atomic mass is 16.6. The Morgan fingerprint density at radius 1 is 1.14 bits per heavy atom. The zero-order valence-corrected chi connectivity index (χ0v) is 10.7. The summed E-state index contributed by atoms with van der Waals surface area (Å²) in [7, 11) is 0. The minimum Gasteiger partial charge on any atom is -0.347 e. The number of hydrogen-bond acceptors (Lipinski definition) is 6. The van der Waals surface area contributed by atoms with Gasteiger partial charge in [0.25, 0.3) is 5.69 Å².